The summed E-state index contributed by atoms with van der Waals surface area (Å²) in [6, 6.07) is 0. The molecule has 0 amide bonds. The lowest BCUT2D eigenvalue weighted by Gasteiger charge is -2.15. The van der Waals surface area contributed by atoms with Crippen LogP contribution < -0.4 is 10.6 Å². The zero-order valence-electron chi connectivity index (χ0n) is 6.10. The maximum Gasteiger partial charge on any atom is 0.123 e. The molecule has 1 heterocycles. The highest BCUT2D eigenvalue weighted by Gasteiger charge is 2.07. The van der Waals surface area contributed by atoms with Gasteiger partial charge in [-0.15, -0.1) is 0 Å². The molecule has 0 radical (unpaired) electrons. The molecule has 10 heavy (non-hydrogen) atoms. The van der Waals surface area contributed by atoms with Crippen molar-refractivity contribution < 1.29 is 4.79 Å². The van der Waals surface area contributed by atoms with Crippen LogP contribution in [0.3, 0.4) is 0 Å². The highest BCUT2D eigenvalue weighted by molar-refractivity contribution is 5.53. The van der Waals surface area contributed by atoms with Gasteiger partial charge in [0.05, 0.1) is 0 Å². The van der Waals surface area contributed by atoms with Gasteiger partial charge in [-0.3, -0.25) is 0 Å². The molecule has 1 saturated heterocycles. The highest BCUT2D eigenvalue weighted by Crippen LogP contribution is 2.03. The van der Waals surface area contributed by atoms with Crippen LogP contribution in [0.1, 0.15) is 12.8 Å². The maximum absolute atomic E-state index is 10.4. The van der Waals surface area contributed by atoms with E-state index in [0.29, 0.717) is 0 Å². The highest BCUT2D eigenvalue weighted by atomic mass is 16.1. The van der Waals surface area contributed by atoms with Crippen molar-refractivity contribution in [3.63, 3.8) is 0 Å². The zero-order valence-corrected chi connectivity index (χ0v) is 6.10. The van der Waals surface area contributed by atoms with Crippen LogP contribution in [0.4, 0.5) is 0 Å². The second-order valence-corrected chi connectivity index (χ2v) is 2.65. The van der Waals surface area contributed by atoms with Crippen molar-refractivity contribution in [1.82, 2.24) is 10.6 Å². The molecular formula is C7H14N2O. The van der Waals surface area contributed by atoms with E-state index in [1.54, 1.807) is 0 Å². The van der Waals surface area contributed by atoms with Crippen molar-refractivity contribution in [2.24, 2.45) is 5.92 Å². The van der Waals surface area contributed by atoms with Gasteiger partial charge in [0.15, 0.2) is 0 Å². The van der Waals surface area contributed by atoms with Crippen LogP contribution >= 0.6 is 0 Å². The number of carbonyl (C=O) groups excluding carboxylic acids is 1. The van der Waals surface area contributed by atoms with Crippen LogP contribution in [-0.4, -0.2) is 26.0 Å². The molecule has 0 atom stereocenters. The van der Waals surface area contributed by atoms with Gasteiger partial charge in [-0.05, 0) is 25.9 Å². The van der Waals surface area contributed by atoms with E-state index >= 15 is 0 Å². The van der Waals surface area contributed by atoms with Gasteiger partial charge in [0.2, 0.25) is 0 Å². The maximum atomic E-state index is 10.4. The predicted octanol–water partition coefficient (Wildman–Crippen LogP) is -0.268. The van der Waals surface area contributed by atoms with Crippen molar-refractivity contribution in [1.29, 1.82) is 0 Å². The van der Waals surface area contributed by atoms with Crippen LogP contribution in [-0.2, 0) is 4.79 Å². The number of hydrogen-bond donors (Lipinski definition) is 2. The van der Waals surface area contributed by atoms with E-state index in [1.165, 1.54) is 0 Å². The van der Waals surface area contributed by atoms with Crippen molar-refractivity contribution >= 4 is 6.29 Å². The lowest BCUT2D eigenvalue weighted by Crippen LogP contribution is -2.35. The fourth-order valence-electron chi connectivity index (χ4n) is 1.12. The fourth-order valence-corrected chi connectivity index (χ4v) is 1.12. The molecule has 3 heteroatoms. The third-order valence-corrected chi connectivity index (χ3v) is 1.83. The topological polar surface area (TPSA) is 41.1 Å². The standard InChI is InChI=1S/C7H14N2O/c10-5-7-1-3-8-6-9-4-2-7/h5,7-9H,1-4,6H2. The lowest BCUT2D eigenvalue weighted by molar-refractivity contribution is -0.111. The summed E-state index contributed by atoms with van der Waals surface area (Å²) in [5.74, 6) is 0.264. The predicted molar refractivity (Wildman–Crippen MR) is 39.7 cm³/mol. The van der Waals surface area contributed by atoms with E-state index in [-0.39, 0.29) is 5.92 Å². The van der Waals surface area contributed by atoms with Gasteiger partial charge in [-0.2, -0.15) is 0 Å². The summed E-state index contributed by atoms with van der Waals surface area (Å²) in [7, 11) is 0. The molecule has 0 aromatic rings. The van der Waals surface area contributed by atoms with Gasteiger partial charge in [0, 0.05) is 12.6 Å². The average Bonchev–Trinajstić information content (AvgIpc) is 1.87. The molecule has 0 bridgehead atoms. The van der Waals surface area contributed by atoms with Crippen molar-refractivity contribution in [3.05, 3.63) is 0 Å². The third kappa shape index (κ3) is 2.45. The molecule has 0 aromatic carbocycles. The Balaban J connectivity index is 2.22. The molecule has 2 N–H and O–H groups in total. The molecular weight excluding hydrogens is 128 g/mol. The molecule has 0 aromatic heterocycles. The second-order valence-electron chi connectivity index (χ2n) is 2.65. The average molecular weight is 142 g/mol. The van der Waals surface area contributed by atoms with Crippen LogP contribution in [0.5, 0.6) is 0 Å². The molecule has 3 nitrogen and oxygen atoms in total. The number of carbonyl (C=O) groups is 1. The lowest BCUT2D eigenvalue weighted by atomic mass is 10.0. The Morgan fingerprint density at radius 1 is 1.20 bits per heavy atom. The minimum Gasteiger partial charge on any atom is -0.304 e. The van der Waals surface area contributed by atoms with Crippen LogP contribution in [0.25, 0.3) is 0 Å². The molecule has 0 aliphatic carbocycles. The smallest absolute Gasteiger partial charge is 0.123 e. The summed E-state index contributed by atoms with van der Waals surface area (Å²) in [5.41, 5.74) is 0. The molecule has 1 aliphatic heterocycles. The first-order valence-corrected chi connectivity index (χ1v) is 3.80. The number of hydrogen-bond acceptors (Lipinski definition) is 3. The normalized spacial score (nSPS) is 23.2. The summed E-state index contributed by atoms with van der Waals surface area (Å²) < 4.78 is 0. The fraction of sp³-hybridized carbons (Fsp3) is 0.857. The van der Waals surface area contributed by atoms with E-state index in [2.05, 4.69) is 10.6 Å². The summed E-state index contributed by atoms with van der Waals surface area (Å²) in [4.78, 5) is 10.4. The van der Waals surface area contributed by atoms with Gasteiger partial charge in [-0.25, -0.2) is 0 Å². The van der Waals surface area contributed by atoms with Gasteiger partial charge in [0.25, 0.3) is 0 Å². The SMILES string of the molecule is O=CC1CCNCNCC1. The second kappa shape index (κ2) is 4.41. The molecule has 1 fully saturated rings. The summed E-state index contributed by atoms with van der Waals surface area (Å²) in [6.45, 7) is 2.79. The quantitative estimate of drug-likeness (QED) is 0.495. The van der Waals surface area contributed by atoms with E-state index in [9.17, 15) is 4.79 Å². The van der Waals surface area contributed by atoms with Crippen molar-refractivity contribution in [3.8, 4) is 0 Å². The minimum atomic E-state index is 0.264. The number of nitrogens with one attached hydrogen (secondary N) is 2. The Morgan fingerprint density at radius 3 is 2.30 bits per heavy atom. The summed E-state index contributed by atoms with van der Waals surface area (Å²) in [5, 5.41) is 6.36. The Hall–Kier alpha value is -0.410. The zero-order chi connectivity index (χ0) is 7.23. The van der Waals surface area contributed by atoms with Crippen LogP contribution in [0.15, 0.2) is 0 Å². The Bertz CT molecular complexity index is 97.8. The Labute approximate surface area is 61.2 Å². The summed E-state index contributed by atoms with van der Waals surface area (Å²) >= 11 is 0. The Kier molecular flexibility index (Phi) is 3.40. The molecule has 1 aliphatic rings. The number of rotatable bonds is 1. The van der Waals surface area contributed by atoms with Crippen molar-refractivity contribution in [2.45, 2.75) is 12.8 Å². The van der Waals surface area contributed by atoms with Gasteiger partial charge >= 0.3 is 0 Å². The number of aldehydes is 1. The van der Waals surface area contributed by atoms with E-state index in [4.69, 9.17) is 0 Å². The van der Waals surface area contributed by atoms with Gasteiger partial charge < -0.3 is 15.4 Å². The van der Waals surface area contributed by atoms with Gasteiger partial charge in [-0.1, -0.05) is 0 Å². The largest absolute Gasteiger partial charge is 0.304 e. The first-order valence-electron chi connectivity index (χ1n) is 3.80. The van der Waals surface area contributed by atoms with E-state index in [0.717, 1.165) is 38.9 Å². The first kappa shape index (κ1) is 7.69. The van der Waals surface area contributed by atoms with E-state index < -0.39 is 0 Å². The Morgan fingerprint density at radius 2 is 1.80 bits per heavy atom. The molecule has 1 rings (SSSR count). The van der Waals surface area contributed by atoms with Crippen LogP contribution in [0, 0.1) is 5.92 Å². The molecule has 0 spiro atoms. The van der Waals surface area contributed by atoms with Crippen molar-refractivity contribution in [2.75, 3.05) is 19.8 Å². The molecule has 58 valence electrons. The third-order valence-electron chi connectivity index (χ3n) is 1.83. The van der Waals surface area contributed by atoms with Gasteiger partial charge in [0.1, 0.15) is 6.29 Å². The van der Waals surface area contributed by atoms with E-state index in [1.807, 2.05) is 0 Å². The molecule has 0 unspecified atom stereocenters. The monoisotopic (exact) mass is 142 g/mol. The van der Waals surface area contributed by atoms with Crippen LogP contribution in [0.2, 0.25) is 0 Å². The summed E-state index contributed by atoms with van der Waals surface area (Å²) in [6.07, 6.45) is 3.05. The first-order chi connectivity index (χ1) is 4.93. The minimum absolute atomic E-state index is 0.264. The molecule has 0 saturated carbocycles.